The second kappa shape index (κ2) is 45.9. The highest BCUT2D eigenvalue weighted by atomic mass is 32.2. The first-order valence-corrected chi connectivity index (χ1v) is 36.9. The number of hydrogen-bond donors (Lipinski definition) is 3. The van der Waals surface area contributed by atoms with Gasteiger partial charge in [-0.3, -0.25) is 4.79 Å². The standard InChI is InChI=1S/C12H28O4SSi.C12H26O2SSi.C9H22O4SSi.C9H22O3SSi/c1-5-14-18(15-6-2,16-7-3)10-8-9-17-11-12(4)13;1-6-14-16(4,5)9-7-8-15-10-11(2)12(3)13;1-9(10)8-14-6-5-7-15(11-2,12-3)13-4;1-9(10)8-13-6-5-7-14(4,11-2)12-3/h12-13H,5-11H2,1-4H3;11H,6-10H2,1-5H3;9-10H,5-8H2,1-4H3;9-10H,5-8H2,1-4H3. The maximum Gasteiger partial charge on any atom is 0.500 e. The molecule has 63 heavy (non-hydrogen) atoms. The topological polar surface area (TPSA) is 161 Å². The third kappa shape index (κ3) is 45.7. The first kappa shape index (κ1) is 71.0. The zero-order chi connectivity index (χ0) is 49.2. The van der Waals surface area contributed by atoms with Gasteiger partial charge in [-0.1, -0.05) is 6.92 Å². The molecule has 0 rings (SSSR count). The fourth-order valence-electron chi connectivity index (χ4n) is 5.32. The third-order valence-electron chi connectivity index (χ3n) is 9.09. The van der Waals surface area contributed by atoms with Crippen LogP contribution in [0.1, 0.15) is 88.0 Å². The lowest BCUT2D eigenvalue weighted by Crippen LogP contribution is -2.46. The summed E-state index contributed by atoms with van der Waals surface area (Å²) in [6, 6.07) is 3.92. The van der Waals surface area contributed by atoms with Crippen LogP contribution < -0.4 is 0 Å². The molecule has 0 aromatic heterocycles. The number of thioether (sulfide) groups is 4. The third-order valence-corrected chi connectivity index (χ3v) is 25.9. The minimum absolute atomic E-state index is 0.200. The minimum Gasteiger partial charge on any atom is -0.418 e. The Morgan fingerprint density at radius 3 is 1.10 bits per heavy atom. The molecular weight excluding hydrogens is 953 g/mol. The molecule has 0 amide bonds. The minimum atomic E-state index is -2.45. The maximum absolute atomic E-state index is 11.0. The zero-order valence-corrected chi connectivity index (χ0v) is 50.3. The van der Waals surface area contributed by atoms with Gasteiger partial charge in [-0.15, -0.1) is 0 Å². The van der Waals surface area contributed by atoms with Crippen molar-refractivity contribution >= 4 is 87.3 Å². The number of carbonyl (C=O) groups is 1. The first-order valence-electron chi connectivity index (χ1n) is 22.8. The Balaban J connectivity index is -0.000000370. The molecule has 0 heterocycles. The van der Waals surface area contributed by atoms with E-state index < -0.39 is 34.5 Å². The van der Waals surface area contributed by atoms with Crippen molar-refractivity contribution in [1.29, 1.82) is 0 Å². The summed E-state index contributed by atoms with van der Waals surface area (Å²) in [6.07, 6.45) is 3.64. The van der Waals surface area contributed by atoms with Gasteiger partial charge in [-0.05, 0) is 136 Å². The maximum atomic E-state index is 11.0. The van der Waals surface area contributed by atoms with E-state index in [-0.39, 0.29) is 24.2 Å². The lowest BCUT2D eigenvalue weighted by Gasteiger charge is -2.28. The summed E-state index contributed by atoms with van der Waals surface area (Å²) in [5.74, 6) is 8.08. The molecule has 0 aromatic carbocycles. The van der Waals surface area contributed by atoms with Crippen LogP contribution >= 0.6 is 47.0 Å². The molecule has 4 atom stereocenters. The van der Waals surface area contributed by atoms with Crippen LogP contribution in [0.5, 0.6) is 0 Å². The normalized spacial score (nSPS) is 14.0. The van der Waals surface area contributed by atoms with Crippen LogP contribution in [0.3, 0.4) is 0 Å². The fourth-order valence-corrected chi connectivity index (χ4v) is 17.7. The second-order valence-corrected chi connectivity index (χ2v) is 34.1. The van der Waals surface area contributed by atoms with Gasteiger partial charge in [0.1, 0.15) is 5.78 Å². The average Bonchev–Trinajstić information content (AvgIpc) is 3.22. The van der Waals surface area contributed by atoms with Gasteiger partial charge in [0.25, 0.3) is 0 Å². The van der Waals surface area contributed by atoms with Crippen LogP contribution in [0.4, 0.5) is 0 Å². The molecule has 0 spiro atoms. The van der Waals surface area contributed by atoms with E-state index in [4.69, 9.17) is 50.0 Å². The van der Waals surface area contributed by atoms with Gasteiger partial charge in [0.05, 0.1) is 18.3 Å². The van der Waals surface area contributed by atoms with Gasteiger partial charge in [-0.2, -0.15) is 47.0 Å². The first-order chi connectivity index (χ1) is 29.6. The predicted octanol–water partition coefficient (Wildman–Crippen LogP) is 9.34. The molecule has 0 aliphatic heterocycles. The van der Waals surface area contributed by atoms with Crippen molar-refractivity contribution in [2.75, 3.05) is 108 Å². The molecule has 0 aromatic rings. The van der Waals surface area contributed by atoms with E-state index in [9.17, 15) is 9.90 Å². The smallest absolute Gasteiger partial charge is 0.418 e. The van der Waals surface area contributed by atoms with E-state index in [0.717, 1.165) is 90.0 Å². The van der Waals surface area contributed by atoms with Crippen molar-refractivity contribution in [1.82, 2.24) is 0 Å². The van der Waals surface area contributed by atoms with Crippen molar-refractivity contribution in [2.45, 2.75) is 150 Å². The lowest BCUT2D eigenvalue weighted by molar-refractivity contribution is -0.119. The van der Waals surface area contributed by atoms with Gasteiger partial charge < -0.3 is 55.2 Å². The van der Waals surface area contributed by atoms with Crippen molar-refractivity contribution in [2.24, 2.45) is 5.92 Å². The number of aliphatic hydroxyl groups is 3. The summed E-state index contributed by atoms with van der Waals surface area (Å²) >= 11 is 7.18. The Kier molecular flexibility index (Phi) is 51.7. The fraction of sp³-hybridized carbons (Fsp3) is 0.976. The summed E-state index contributed by atoms with van der Waals surface area (Å²) in [5.41, 5.74) is 0. The Morgan fingerprint density at radius 1 is 0.476 bits per heavy atom. The second-order valence-electron chi connectivity index (χ2n) is 15.8. The van der Waals surface area contributed by atoms with Gasteiger partial charge in [-0.25, -0.2) is 0 Å². The molecule has 0 radical (unpaired) electrons. The van der Waals surface area contributed by atoms with E-state index in [1.165, 1.54) is 12.5 Å². The van der Waals surface area contributed by atoms with Crippen molar-refractivity contribution in [3.63, 3.8) is 0 Å². The summed E-state index contributed by atoms with van der Waals surface area (Å²) in [7, 11) is 0.271. The molecule has 4 unspecified atom stereocenters. The largest absolute Gasteiger partial charge is 0.500 e. The summed E-state index contributed by atoms with van der Waals surface area (Å²) in [6.45, 7) is 26.5. The summed E-state index contributed by atoms with van der Waals surface area (Å²) in [4.78, 5) is 11.0. The van der Waals surface area contributed by atoms with Crippen LogP contribution in [-0.2, 0) is 44.6 Å². The highest BCUT2D eigenvalue weighted by Crippen LogP contribution is 2.22. The quantitative estimate of drug-likeness (QED) is 0.0396. The van der Waals surface area contributed by atoms with Gasteiger partial charge in [0.2, 0.25) is 0 Å². The van der Waals surface area contributed by atoms with Crippen molar-refractivity contribution < 1.29 is 59.9 Å². The molecular formula is C42H98O13S4Si4. The Hall–Kier alpha value is 1.46. The molecule has 3 N–H and O–H groups in total. The van der Waals surface area contributed by atoms with Crippen LogP contribution in [-0.4, -0.2) is 182 Å². The van der Waals surface area contributed by atoms with E-state index in [2.05, 4.69) is 26.6 Å². The van der Waals surface area contributed by atoms with E-state index in [1.54, 1.807) is 84.7 Å². The van der Waals surface area contributed by atoms with Crippen LogP contribution in [0.25, 0.3) is 0 Å². The molecule has 0 saturated heterocycles. The Morgan fingerprint density at radius 2 is 0.794 bits per heavy atom. The Labute approximate surface area is 408 Å². The molecule has 0 fully saturated rings. The number of Topliss-reactive ketones (excluding diaryl/α,β-unsaturated/α-hetero) is 1. The van der Waals surface area contributed by atoms with Crippen LogP contribution in [0.15, 0.2) is 0 Å². The molecule has 0 aliphatic carbocycles. The molecule has 0 bridgehead atoms. The predicted molar refractivity (Wildman–Crippen MR) is 284 cm³/mol. The van der Waals surface area contributed by atoms with Gasteiger partial charge >= 0.3 is 26.2 Å². The number of rotatable bonds is 38. The van der Waals surface area contributed by atoms with Crippen molar-refractivity contribution in [3.05, 3.63) is 0 Å². The molecule has 13 nitrogen and oxygen atoms in total. The van der Waals surface area contributed by atoms with E-state index in [1.807, 2.05) is 53.3 Å². The number of ketones is 1. The van der Waals surface area contributed by atoms with E-state index in [0.29, 0.717) is 25.6 Å². The average molecular weight is 1050 g/mol. The van der Waals surface area contributed by atoms with Crippen LogP contribution in [0, 0.1) is 5.92 Å². The lowest BCUT2D eigenvalue weighted by atomic mass is 10.1. The zero-order valence-electron chi connectivity index (χ0n) is 43.0. The summed E-state index contributed by atoms with van der Waals surface area (Å²) < 4.78 is 49.7. The Bertz CT molecular complexity index is 967. The number of carbonyl (C=O) groups excluding carboxylic acids is 1. The highest BCUT2D eigenvalue weighted by Gasteiger charge is 2.39. The van der Waals surface area contributed by atoms with Gasteiger partial charge in [0, 0.05) is 103 Å². The van der Waals surface area contributed by atoms with E-state index >= 15 is 0 Å². The van der Waals surface area contributed by atoms with Crippen molar-refractivity contribution in [3.8, 4) is 0 Å². The molecule has 0 aliphatic rings. The van der Waals surface area contributed by atoms with Crippen LogP contribution in [0.2, 0.25) is 43.8 Å². The molecule has 0 saturated carbocycles. The summed E-state index contributed by atoms with van der Waals surface area (Å²) in [5, 5.41) is 27.3. The SMILES string of the molecule is CCO[Si](C)(C)CCCSCC(C)C(C)=O.CCO[Si](CCCSCC(C)O)(OCC)OCC.CO[Si](C)(CCCSCC(C)O)OC.CO[Si](CCCSCC(C)O)(OC)OC. The molecule has 384 valence electrons. The highest BCUT2D eigenvalue weighted by molar-refractivity contribution is 7.99. The monoisotopic (exact) mass is 1050 g/mol. The number of aliphatic hydroxyl groups excluding tert-OH is 3. The number of hydrogen-bond acceptors (Lipinski definition) is 17. The molecule has 21 heteroatoms. The van der Waals surface area contributed by atoms with Gasteiger partial charge in [0.15, 0.2) is 8.32 Å².